The van der Waals surface area contributed by atoms with Gasteiger partial charge in [-0.1, -0.05) is 18.2 Å². The third kappa shape index (κ3) is 2.81. The topological polar surface area (TPSA) is 38.7 Å². The minimum atomic E-state index is 0.230. The number of methoxy groups -OCH3 is 1. The molecule has 1 aromatic rings. The van der Waals surface area contributed by atoms with Crippen LogP contribution in [0.15, 0.2) is 18.2 Å². The average molecular weight is 182 g/mol. The molecule has 0 radical (unpaired) electrons. The molecule has 1 rings (SSSR count). The van der Waals surface area contributed by atoms with Crippen molar-refractivity contribution in [3.8, 4) is 0 Å². The van der Waals surface area contributed by atoms with Gasteiger partial charge in [-0.2, -0.15) is 0 Å². The van der Waals surface area contributed by atoms with Crippen molar-refractivity contribution in [1.29, 1.82) is 0 Å². The lowest BCUT2D eigenvalue weighted by molar-refractivity contribution is -0.253. The minimum Gasteiger partial charge on any atom is -0.380 e. The van der Waals surface area contributed by atoms with Crippen LogP contribution >= 0.6 is 0 Å². The SMILES string of the molecule is COCc1ccc(COO)cc1C. The van der Waals surface area contributed by atoms with Gasteiger partial charge in [0.15, 0.2) is 0 Å². The van der Waals surface area contributed by atoms with Crippen LogP contribution in [0.5, 0.6) is 0 Å². The molecule has 0 aliphatic carbocycles. The first-order chi connectivity index (χ1) is 6.27. The maximum Gasteiger partial charge on any atom is 0.107 e. The smallest absolute Gasteiger partial charge is 0.107 e. The summed E-state index contributed by atoms with van der Waals surface area (Å²) in [5.74, 6) is 0. The molecular formula is C10H14O3. The van der Waals surface area contributed by atoms with Gasteiger partial charge in [-0.25, -0.2) is 4.89 Å². The lowest BCUT2D eigenvalue weighted by Crippen LogP contribution is -1.94. The largest absolute Gasteiger partial charge is 0.380 e. The lowest BCUT2D eigenvalue weighted by atomic mass is 10.1. The first kappa shape index (κ1) is 10.2. The lowest BCUT2D eigenvalue weighted by Gasteiger charge is -2.06. The van der Waals surface area contributed by atoms with Gasteiger partial charge in [-0.15, -0.1) is 0 Å². The zero-order valence-electron chi connectivity index (χ0n) is 7.91. The van der Waals surface area contributed by atoms with Crippen LogP contribution in [0, 0.1) is 6.92 Å². The fourth-order valence-electron chi connectivity index (χ4n) is 1.24. The second kappa shape index (κ2) is 4.97. The molecule has 0 spiro atoms. The summed E-state index contributed by atoms with van der Waals surface area (Å²) in [6, 6.07) is 5.87. The summed E-state index contributed by atoms with van der Waals surface area (Å²) in [4.78, 5) is 4.05. The van der Waals surface area contributed by atoms with Gasteiger partial charge in [0, 0.05) is 7.11 Å². The van der Waals surface area contributed by atoms with E-state index in [9.17, 15) is 0 Å². The molecule has 0 aliphatic heterocycles. The fourth-order valence-corrected chi connectivity index (χ4v) is 1.24. The maximum atomic E-state index is 8.26. The molecular weight excluding hydrogens is 168 g/mol. The van der Waals surface area contributed by atoms with Crippen molar-refractivity contribution in [3.63, 3.8) is 0 Å². The van der Waals surface area contributed by atoms with Crippen molar-refractivity contribution in [1.82, 2.24) is 0 Å². The van der Waals surface area contributed by atoms with Gasteiger partial charge in [0.25, 0.3) is 0 Å². The highest BCUT2D eigenvalue weighted by Gasteiger charge is 1.99. The summed E-state index contributed by atoms with van der Waals surface area (Å²) in [6.45, 7) is 2.86. The third-order valence-electron chi connectivity index (χ3n) is 1.94. The molecule has 0 amide bonds. The van der Waals surface area contributed by atoms with E-state index in [-0.39, 0.29) is 6.61 Å². The van der Waals surface area contributed by atoms with Crippen LogP contribution in [-0.4, -0.2) is 12.4 Å². The Balaban J connectivity index is 2.79. The Hall–Kier alpha value is -0.900. The van der Waals surface area contributed by atoms with Gasteiger partial charge in [-0.3, -0.25) is 5.26 Å². The summed E-state index contributed by atoms with van der Waals surface area (Å²) in [5, 5.41) is 8.26. The molecule has 1 N–H and O–H groups in total. The van der Waals surface area contributed by atoms with Crippen LogP contribution in [-0.2, 0) is 22.8 Å². The monoisotopic (exact) mass is 182 g/mol. The zero-order valence-corrected chi connectivity index (χ0v) is 7.91. The first-order valence-corrected chi connectivity index (χ1v) is 4.11. The van der Waals surface area contributed by atoms with Crippen LogP contribution < -0.4 is 0 Å². The number of benzene rings is 1. The van der Waals surface area contributed by atoms with E-state index in [0.717, 1.165) is 16.7 Å². The van der Waals surface area contributed by atoms with E-state index in [0.29, 0.717) is 6.61 Å². The summed E-state index contributed by atoms with van der Waals surface area (Å²) in [5.41, 5.74) is 3.26. The summed E-state index contributed by atoms with van der Waals surface area (Å²) in [7, 11) is 1.67. The van der Waals surface area contributed by atoms with Gasteiger partial charge in [0.1, 0.15) is 6.61 Å². The minimum absolute atomic E-state index is 0.230. The first-order valence-electron chi connectivity index (χ1n) is 4.11. The fraction of sp³-hybridized carbons (Fsp3) is 0.400. The van der Waals surface area contributed by atoms with E-state index >= 15 is 0 Å². The van der Waals surface area contributed by atoms with Gasteiger partial charge >= 0.3 is 0 Å². The zero-order chi connectivity index (χ0) is 9.68. The number of hydrogen-bond acceptors (Lipinski definition) is 3. The second-order valence-corrected chi connectivity index (χ2v) is 2.97. The summed E-state index contributed by atoms with van der Waals surface area (Å²) < 4.78 is 5.03. The Bertz CT molecular complexity index is 271. The Labute approximate surface area is 77.8 Å². The van der Waals surface area contributed by atoms with Gasteiger partial charge in [0.05, 0.1) is 6.61 Å². The highest BCUT2D eigenvalue weighted by Crippen LogP contribution is 2.12. The number of hydrogen-bond donors (Lipinski definition) is 1. The molecule has 0 atom stereocenters. The van der Waals surface area contributed by atoms with Crippen LogP contribution in [0.25, 0.3) is 0 Å². The molecule has 0 aliphatic rings. The molecule has 72 valence electrons. The molecule has 0 unspecified atom stereocenters. The predicted molar refractivity (Wildman–Crippen MR) is 49.3 cm³/mol. The van der Waals surface area contributed by atoms with Crippen molar-refractivity contribution in [3.05, 3.63) is 34.9 Å². The molecule has 0 aromatic heterocycles. The van der Waals surface area contributed by atoms with Crippen LogP contribution in [0.3, 0.4) is 0 Å². The quantitative estimate of drug-likeness (QED) is 0.572. The highest BCUT2D eigenvalue weighted by molar-refractivity contribution is 5.30. The maximum absolute atomic E-state index is 8.26. The number of aryl methyl sites for hydroxylation is 1. The van der Waals surface area contributed by atoms with Crippen molar-refractivity contribution in [2.75, 3.05) is 7.11 Å². The number of rotatable bonds is 4. The van der Waals surface area contributed by atoms with Crippen molar-refractivity contribution < 1.29 is 14.9 Å². The van der Waals surface area contributed by atoms with Crippen molar-refractivity contribution in [2.24, 2.45) is 0 Å². The Morgan fingerprint density at radius 2 is 2.08 bits per heavy atom. The van der Waals surface area contributed by atoms with Crippen LogP contribution in [0.4, 0.5) is 0 Å². The van der Waals surface area contributed by atoms with E-state index in [1.807, 2.05) is 25.1 Å². The molecule has 3 nitrogen and oxygen atoms in total. The number of ether oxygens (including phenoxy) is 1. The molecule has 0 heterocycles. The average Bonchev–Trinajstić information content (AvgIpc) is 2.10. The van der Waals surface area contributed by atoms with E-state index in [2.05, 4.69) is 4.89 Å². The Kier molecular flexibility index (Phi) is 3.89. The predicted octanol–water partition coefficient (Wildman–Crippen LogP) is 2.13. The van der Waals surface area contributed by atoms with Gasteiger partial charge in [0.2, 0.25) is 0 Å². The normalized spacial score (nSPS) is 10.4. The van der Waals surface area contributed by atoms with Crippen molar-refractivity contribution in [2.45, 2.75) is 20.1 Å². The molecule has 0 bridgehead atoms. The van der Waals surface area contributed by atoms with Crippen molar-refractivity contribution >= 4 is 0 Å². The Morgan fingerprint density at radius 3 is 2.62 bits per heavy atom. The standard InChI is InChI=1S/C10H14O3/c1-8-5-9(6-13-11)3-4-10(8)7-12-2/h3-5,11H,6-7H2,1-2H3. The van der Waals surface area contributed by atoms with E-state index in [4.69, 9.17) is 9.99 Å². The summed E-state index contributed by atoms with van der Waals surface area (Å²) >= 11 is 0. The molecule has 13 heavy (non-hydrogen) atoms. The van der Waals surface area contributed by atoms with E-state index in [1.54, 1.807) is 7.11 Å². The molecule has 0 fully saturated rings. The molecule has 0 saturated heterocycles. The summed E-state index contributed by atoms with van der Waals surface area (Å²) in [6.07, 6.45) is 0. The van der Waals surface area contributed by atoms with E-state index in [1.165, 1.54) is 0 Å². The molecule has 0 saturated carbocycles. The molecule has 1 aromatic carbocycles. The second-order valence-electron chi connectivity index (χ2n) is 2.97. The Morgan fingerprint density at radius 1 is 1.31 bits per heavy atom. The molecule has 3 heteroatoms. The highest BCUT2D eigenvalue weighted by atomic mass is 17.1. The van der Waals surface area contributed by atoms with Gasteiger partial charge < -0.3 is 4.74 Å². The van der Waals surface area contributed by atoms with Crippen LogP contribution in [0.2, 0.25) is 0 Å². The third-order valence-corrected chi connectivity index (χ3v) is 1.94. The van der Waals surface area contributed by atoms with Gasteiger partial charge in [-0.05, 0) is 23.6 Å². The van der Waals surface area contributed by atoms with Crippen LogP contribution in [0.1, 0.15) is 16.7 Å². The van der Waals surface area contributed by atoms with E-state index < -0.39 is 0 Å².